The minimum absolute atomic E-state index is 0.0985. The molecule has 118 valence electrons. The summed E-state index contributed by atoms with van der Waals surface area (Å²) in [5, 5.41) is 4.26. The van der Waals surface area contributed by atoms with Crippen molar-refractivity contribution in [3.8, 4) is 5.75 Å². The van der Waals surface area contributed by atoms with Crippen molar-refractivity contribution in [2.75, 3.05) is 19.0 Å². The molecule has 0 spiro atoms. The molecule has 0 amide bonds. The largest absolute Gasteiger partial charge is 0.497 e. The van der Waals surface area contributed by atoms with Crippen LogP contribution in [-0.4, -0.2) is 25.9 Å². The lowest BCUT2D eigenvalue weighted by atomic mass is 9.64. The Bertz CT molecular complexity index is 488. The summed E-state index contributed by atoms with van der Waals surface area (Å²) in [6.07, 6.45) is 1.31. The van der Waals surface area contributed by atoms with Crippen LogP contribution >= 0.6 is 11.6 Å². The van der Waals surface area contributed by atoms with Crippen LogP contribution in [-0.2, 0) is 4.74 Å². The van der Waals surface area contributed by atoms with Crippen LogP contribution in [0.25, 0.3) is 0 Å². The summed E-state index contributed by atoms with van der Waals surface area (Å²) in [6.45, 7) is 9.66. The molecule has 1 aromatic rings. The van der Waals surface area contributed by atoms with Gasteiger partial charge in [-0.15, -0.1) is 0 Å². The highest BCUT2D eigenvalue weighted by Gasteiger charge is 2.49. The van der Waals surface area contributed by atoms with Crippen molar-refractivity contribution in [3.05, 3.63) is 23.2 Å². The van der Waals surface area contributed by atoms with E-state index >= 15 is 0 Å². The maximum Gasteiger partial charge on any atom is 0.121 e. The van der Waals surface area contributed by atoms with Crippen LogP contribution in [0.1, 0.15) is 34.1 Å². The summed E-state index contributed by atoms with van der Waals surface area (Å²) in [6, 6.07) is 6.04. The lowest BCUT2D eigenvalue weighted by Gasteiger charge is -2.52. The van der Waals surface area contributed by atoms with Gasteiger partial charge < -0.3 is 14.8 Å². The molecular weight excluding hydrogens is 286 g/mol. The molecule has 0 saturated heterocycles. The fraction of sp³-hybridized carbons (Fsp3) is 0.647. The summed E-state index contributed by atoms with van der Waals surface area (Å²) in [4.78, 5) is 0. The quantitative estimate of drug-likeness (QED) is 0.833. The lowest BCUT2D eigenvalue weighted by molar-refractivity contribution is -0.108. The van der Waals surface area contributed by atoms with E-state index in [1.54, 1.807) is 7.11 Å². The van der Waals surface area contributed by atoms with Crippen molar-refractivity contribution >= 4 is 17.3 Å². The third-order valence-corrected chi connectivity index (χ3v) is 4.64. The van der Waals surface area contributed by atoms with Gasteiger partial charge in [-0.25, -0.2) is 0 Å². The SMILES string of the molecule is COc1ccc(Cl)c(NC2CC(OCC(C)C)C2(C)C)c1. The molecular formula is C17H26ClNO2. The molecule has 21 heavy (non-hydrogen) atoms. The van der Waals surface area contributed by atoms with Crippen molar-refractivity contribution in [1.29, 1.82) is 0 Å². The van der Waals surface area contributed by atoms with E-state index in [4.69, 9.17) is 21.1 Å². The molecule has 0 radical (unpaired) electrons. The molecule has 1 fully saturated rings. The topological polar surface area (TPSA) is 30.5 Å². The van der Waals surface area contributed by atoms with Gasteiger partial charge in [0, 0.05) is 24.1 Å². The Balaban J connectivity index is 1.99. The first kappa shape index (κ1) is 16.4. The van der Waals surface area contributed by atoms with Gasteiger partial charge in [0.05, 0.1) is 23.9 Å². The van der Waals surface area contributed by atoms with E-state index in [2.05, 4.69) is 33.0 Å². The van der Waals surface area contributed by atoms with Crippen LogP contribution in [0.15, 0.2) is 18.2 Å². The molecule has 4 heteroatoms. The molecule has 0 aromatic heterocycles. The summed E-state index contributed by atoms with van der Waals surface area (Å²) in [5.41, 5.74) is 1.03. The standard InChI is InChI=1S/C17H26ClNO2/c1-11(2)10-21-16-9-15(17(16,3)4)19-14-8-12(20-5)6-7-13(14)18/h6-8,11,15-16,19H,9-10H2,1-5H3. The molecule has 0 bridgehead atoms. The Morgan fingerprint density at radius 1 is 1.38 bits per heavy atom. The zero-order valence-electron chi connectivity index (χ0n) is 13.6. The number of methoxy groups -OCH3 is 1. The molecule has 1 N–H and O–H groups in total. The summed E-state index contributed by atoms with van der Waals surface area (Å²) in [7, 11) is 1.66. The Morgan fingerprint density at radius 3 is 2.67 bits per heavy atom. The van der Waals surface area contributed by atoms with E-state index in [1.807, 2.05) is 18.2 Å². The van der Waals surface area contributed by atoms with Crippen molar-refractivity contribution < 1.29 is 9.47 Å². The summed E-state index contributed by atoms with van der Waals surface area (Å²) >= 11 is 6.26. The van der Waals surface area contributed by atoms with Crippen LogP contribution in [0.5, 0.6) is 5.75 Å². The number of halogens is 1. The van der Waals surface area contributed by atoms with Crippen LogP contribution in [0.2, 0.25) is 5.02 Å². The molecule has 0 heterocycles. The fourth-order valence-electron chi connectivity index (χ4n) is 2.65. The van der Waals surface area contributed by atoms with Gasteiger partial charge in [0.2, 0.25) is 0 Å². The van der Waals surface area contributed by atoms with Crippen LogP contribution in [0, 0.1) is 11.3 Å². The number of ether oxygens (including phenoxy) is 2. The Morgan fingerprint density at radius 2 is 2.10 bits per heavy atom. The van der Waals surface area contributed by atoms with Crippen molar-refractivity contribution in [2.24, 2.45) is 11.3 Å². The minimum atomic E-state index is 0.0985. The molecule has 1 aromatic carbocycles. The highest BCUT2D eigenvalue weighted by molar-refractivity contribution is 6.33. The van der Waals surface area contributed by atoms with Gasteiger partial charge in [0.1, 0.15) is 5.75 Å². The molecule has 2 rings (SSSR count). The van der Waals surface area contributed by atoms with Gasteiger partial charge in [-0.1, -0.05) is 39.3 Å². The zero-order valence-corrected chi connectivity index (χ0v) is 14.3. The predicted octanol–water partition coefficient (Wildman–Crippen LogP) is 4.60. The molecule has 3 nitrogen and oxygen atoms in total. The number of anilines is 1. The highest BCUT2D eigenvalue weighted by Crippen LogP contribution is 2.45. The summed E-state index contributed by atoms with van der Waals surface area (Å²) < 4.78 is 11.3. The van der Waals surface area contributed by atoms with Crippen LogP contribution in [0.3, 0.4) is 0 Å². The molecule has 1 aliphatic rings. The van der Waals surface area contributed by atoms with Crippen molar-refractivity contribution in [3.63, 3.8) is 0 Å². The summed E-state index contributed by atoms with van der Waals surface area (Å²) in [5.74, 6) is 1.38. The van der Waals surface area contributed by atoms with Crippen molar-refractivity contribution in [1.82, 2.24) is 0 Å². The molecule has 1 saturated carbocycles. The van der Waals surface area contributed by atoms with Gasteiger partial charge in [0.15, 0.2) is 0 Å². The fourth-order valence-corrected chi connectivity index (χ4v) is 2.82. The van der Waals surface area contributed by atoms with E-state index in [0.717, 1.165) is 29.5 Å². The number of hydrogen-bond acceptors (Lipinski definition) is 3. The van der Waals surface area contributed by atoms with Crippen LogP contribution < -0.4 is 10.1 Å². The molecule has 0 aliphatic heterocycles. The average molecular weight is 312 g/mol. The second-order valence-corrected chi connectivity index (χ2v) is 7.22. The minimum Gasteiger partial charge on any atom is -0.497 e. The monoisotopic (exact) mass is 311 g/mol. The van der Waals surface area contributed by atoms with Gasteiger partial charge in [-0.3, -0.25) is 0 Å². The van der Waals surface area contributed by atoms with Gasteiger partial charge in [-0.2, -0.15) is 0 Å². The second-order valence-electron chi connectivity index (χ2n) is 6.82. The third-order valence-electron chi connectivity index (χ3n) is 4.31. The Hall–Kier alpha value is -0.930. The van der Waals surface area contributed by atoms with E-state index < -0.39 is 0 Å². The second kappa shape index (κ2) is 6.45. The molecule has 2 unspecified atom stereocenters. The third kappa shape index (κ3) is 3.64. The number of rotatable bonds is 6. The van der Waals surface area contributed by atoms with E-state index in [9.17, 15) is 0 Å². The average Bonchev–Trinajstić information content (AvgIpc) is 2.43. The van der Waals surface area contributed by atoms with E-state index in [0.29, 0.717) is 18.1 Å². The first-order chi connectivity index (χ1) is 9.84. The van der Waals surface area contributed by atoms with Gasteiger partial charge in [-0.05, 0) is 24.5 Å². The normalized spacial score (nSPS) is 23.8. The smallest absolute Gasteiger partial charge is 0.121 e. The van der Waals surface area contributed by atoms with Crippen molar-refractivity contribution in [2.45, 2.75) is 46.3 Å². The Kier molecular flexibility index (Phi) is 5.05. The van der Waals surface area contributed by atoms with Gasteiger partial charge >= 0.3 is 0 Å². The zero-order chi connectivity index (χ0) is 15.6. The van der Waals surface area contributed by atoms with E-state index in [-0.39, 0.29) is 5.41 Å². The number of hydrogen-bond donors (Lipinski definition) is 1. The number of nitrogens with one attached hydrogen (secondary N) is 1. The van der Waals surface area contributed by atoms with E-state index in [1.165, 1.54) is 0 Å². The lowest BCUT2D eigenvalue weighted by Crippen LogP contribution is -2.58. The molecule has 2 atom stereocenters. The first-order valence-corrected chi connectivity index (χ1v) is 7.94. The maximum absolute atomic E-state index is 6.26. The first-order valence-electron chi connectivity index (χ1n) is 7.56. The van der Waals surface area contributed by atoms with Crippen LogP contribution in [0.4, 0.5) is 5.69 Å². The number of benzene rings is 1. The highest BCUT2D eigenvalue weighted by atomic mass is 35.5. The van der Waals surface area contributed by atoms with Gasteiger partial charge in [0.25, 0.3) is 0 Å². The molecule has 1 aliphatic carbocycles. The maximum atomic E-state index is 6.26. The Labute approximate surface area is 133 Å². The predicted molar refractivity (Wildman–Crippen MR) is 88.4 cm³/mol.